The molecule has 1 atom stereocenters. The normalized spacial score (nSPS) is 16.7. The van der Waals surface area contributed by atoms with Gasteiger partial charge in [-0.2, -0.15) is 10.2 Å². The van der Waals surface area contributed by atoms with Crippen LogP contribution in [-0.2, 0) is 9.47 Å². The molecule has 0 saturated carbocycles. The highest BCUT2D eigenvalue weighted by Gasteiger charge is 2.22. The molecule has 0 aliphatic carbocycles. The smallest absolute Gasteiger partial charge is 0.116 e. The van der Waals surface area contributed by atoms with E-state index in [-0.39, 0.29) is 0 Å². The number of azo groups is 1. The number of nitrogens with zero attached hydrogens (tertiary/aromatic N) is 2. The van der Waals surface area contributed by atoms with Crippen molar-refractivity contribution in [1.29, 1.82) is 0 Å². The van der Waals surface area contributed by atoms with Crippen LogP contribution in [0.4, 0.5) is 17.1 Å². The van der Waals surface area contributed by atoms with Gasteiger partial charge in [0.25, 0.3) is 0 Å². The minimum absolute atomic E-state index is 0.294. The maximum Gasteiger partial charge on any atom is 0.116 e. The van der Waals surface area contributed by atoms with E-state index in [0.29, 0.717) is 19.4 Å². The van der Waals surface area contributed by atoms with Crippen molar-refractivity contribution in [3.63, 3.8) is 0 Å². The Bertz CT molecular complexity index is 696. The van der Waals surface area contributed by atoms with Crippen molar-refractivity contribution in [2.45, 2.75) is 20.0 Å². The van der Waals surface area contributed by atoms with E-state index in [1.807, 2.05) is 56.3 Å². The molecule has 1 heterocycles. The van der Waals surface area contributed by atoms with E-state index < -0.39 is 0 Å². The predicted octanol–water partition coefficient (Wildman–Crippen LogP) is 4.50. The van der Waals surface area contributed by atoms with E-state index >= 15 is 0 Å². The summed E-state index contributed by atoms with van der Waals surface area (Å²) < 4.78 is 10.6. The zero-order valence-electron chi connectivity index (χ0n) is 13.5. The topological polar surface area (TPSA) is 58.5 Å². The molecule has 0 spiro atoms. The van der Waals surface area contributed by atoms with Gasteiger partial charge in [0.2, 0.25) is 0 Å². The monoisotopic (exact) mass is 311 g/mol. The van der Waals surface area contributed by atoms with Gasteiger partial charge >= 0.3 is 0 Å². The first-order valence-electron chi connectivity index (χ1n) is 7.73. The number of benzene rings is 2. The van der Waals surface area contributed by atoms with Gasteiger partial charge in [-0.1, -0.05) is 18.2 Å². The standard InChI is InChI=1S/C18H21N3O2/c1-13-5-3-4-6-18(13)21-20-15-7-8-17(14(2)9-15)19-12-22-10-16-11-23-16/h3-9,16,19H,10-12H2,1-2H3. The molecule has 5 nitrogen and oxygen atoms in total. The lowest BCUT2D eigenvalue weighted by molar-refractivity contribution is 0.132. The molecule has 2 aromatic carbocycles. The Labute approximate surface area is 136 Å². The number of aryl methyl sites for hydroxylation is 2. The van der Waals surface area contributed by atoms with Crippen LogP contribution in [0.15, 0.2) is 52.7 Å². The van der Waals surface area contributed by atoms with E-state index in [9.17, 15) is 0 Å². The first-order chi connectivity index (χ1) is 11.2. The van der Waals surface area contributed by atoms with Crippen LogP contribution < -0.4 is 5.32 Å². The van der Waals surface area contributed by atoms with E-state index in [1.54, 1.807) is 0 Å². The molecule has 23 heavy (non-hydrogen) atoms. The Morgan fingerprint density at radius 2 is 1.96 bits per heavy atom. The number of hydrogen-bond donors (Lipinski definition) is 1. The summed E-state index contributed by atoms with van der Waals surface area (Å²) in [7, 11) is 0. The van der Waals surface area contributed by atoms with Crippen LogP contribution in [0, 0.1) is 13.8 Å². The highest BCUT2D eigenvalue weighted by atomic mass is 16.6. The fraction of sp³-hybridized carbons (Fsp3) is 0.333. The molecule has 1 aliphatic rings. The molecule has 3 rings (SSSR count). The van der Waals surface area contributed by atoms with Gasteiger partial charge in [-0.05, 0) is 49.2 Å². The average Bonchev–Trinajstić information content (AvgIpc) is 3.36. The zero-order valence-corrected chi connectivity index (χ0v) is 13.5. The van der Waals surface area contributed by atoms with E-state index in [1.165, 1.54) is 0 Å². The molecule has 1 saturated heterocycles. The predicted molar refractivity (Wildman–Crippen MR) is 90.7 cm³/mol. The van der Waals surface area contributed by atoms with Crippen LogP contribution in [0.5, 0.6) is 0 Å². The number of nitrogens with one attached hydrogen (secondary N) is 1. The molecular weight excluding hydrogens is 290 g/mol. The van der Waals surface area contributed by atoms with Crippen LogP contribution >= 0.6 is 0 Å². The quantitative estimate of drug-likeness (QED) is 0.354. The molecule has 1 unspecified atom stereocenters. The lowest BCUT2D eigenvalue weighted by Gasteiger charge is -2.10. The maximum absolute atomic E-state index is 5.49. The lowest BCUT2D eigenvalue weighted by atomic mass is 10.2. The molecule has 120 valence electrons. The Hall–Kier alpha value is -2.24. The summed E-state index contributed by atoms with van der Waals surface area (Å²) >= 11 is 0. The van der Waals surface area contributed by atoms with Crippen LogP contribution in [0.3, 0.4) is 0 Å². The summed E-state index contributed by atoms with van der Waals surface area (Å²) in [5.74, 6) is 0. The third-order valence-corrected chi connectivity index (χ3v) is 3.67. The molecular formula is C18H21N3O2. The number of epoxide rings is 1. The molecule has 1 fully saturated rings. The molecule has 5 heteroatoms. The van der Waals surface area contributed by atoms with Gasteiger partial charge in [-0.3, -0.25) is 0 Å². The first kappa shape index (κ1) is 15.6. The lowest BCUT2D eigenvalue weighted by Crippen LogP contribution is -2.10. The SMILES string of the molecule is Cc1ccccc1N=Nc1ccc(NCOCC2CO2)c(C)c1. The highest BCUT2D eigenvalue weighted by Crippen LogP contribution is 2.25. The summed E-state index contributed by atoms with van der Waals surface area (Å²) in [5, 5.41) is 11.9. The first-order valence-corrected chi connectivity index (χ1v) is 7.73. The molecule has 0 bridgehead atoms. The van der Waals surface area contributed by atoms with Crippen molar-refractivity contribution in [1.82, 2.24) is 0 Å². The summed E-state index contributed by atoms with van der Waals surface area (Å²) in [6.07, 6.45) is 0.294. The van der Waals surface area contributed by atoms with Crippen molar-refractivity contribution < 1.29 is 9.47 Å². The van der Waals surface area contributed by atoms with E-state index in [0.717, 1.165) is 34.8 Å². The summed E-state index contributed by atoms with van der Waals surface area (Å²) in [6.45, 7) is 6.01. The average molecular weight is 311 g/mol. The maximum atomic E-state index is 5.49. The second-order valence-corrected chi connectivity index (χ2v) is 5.63. The summed E-state index contributed by atoms with van der Waals surface area (Å²) in [5.41, 5.74) is 4.99. The molecule has 0 aromatic heterocycles. The number of anilines is 1. The van der Waals surface area contributed by atoms with Gasteiger partial charge in [0.05, 0.1) is 24.6 Å². The van der Waals surface area contributed by atoms with Crippen molar-refractivity contribution >= 4 is 17.1 Å². The molecule has 2 aromatic rings. The van der Waals surface area contributed by atoms with Gasteiger partial charge in [0, 0.05) is 5.69 Å². The zero-order chi connectivity index (χ0) is 16.1. The third-order valence-electron chi connectivity index (χ3n) is 3.67. The number of ether oxygens (including phenoxy) is 2. The van der Waals surface area contributed by atoms with Crippen LogP contribution in [0.25, 0.3) is 0 Å². The summed E-state index contributed by atoms with van der Waals surface area (Å²) in [4.78, 5) is 0. The van der Waals surface area contributed by atoms with Crippen molar-refractivity contribution in [2.24, 2.45) is 10.2 Å². The van der Waals surface area contributed by atoms with Gasteiger partial charge in [-0.15, -0.1) is 0 Å². The minimum atomic E-state index is 0.294. The third kappa shape index (κ3) is 4.61. The van der Waals surface area contributed by atoms with Crippen molar-refractivity contribution in [3.8, 4) is 0 Å². The Morgan fingerprint density at radius 1 is 1.13 bits per heavy atom. The van der Waals surface area contributed by atoms with Crippen LogP contribution in [-0.4, -0.2) is 26.0 Å². The van der Waals surface area contributed by atoms with Gasteiger partial charge in [-0.25, -0.2) is 0 Å². The van der Waals surface area contributed by atoms with Gasteiger partial charge < -0.3 is 14.8 Å². The van der Waals surface area contributed by atoms with E-state index in [4.69, 9.17) is 9.47 Å². The van der Waals surface area contributed by atoms with Crippen LogP contribution in [0.2, 0.25) is 0 Å². The fourth-order valence-corrected chi connectivity index (χ4v) is 2.18. The molecule has 0 amide bonds. The Balaban J connectivity index is 1.58. The van der Waals surface area contributed by atoms with Gasteiger partial charge in [0.1, 0.15) is 12.8 Å². The Morgan fingerprint density at radius 3 is 2.70 bits per heavy atom. The van der Waals surface area contributed by atoms with Gasteiger partial charge in [0.15, 0.2) is 0 Å². The molecule has 1 aliphatic heterocycles. The van der Waals surface area contributed by atoms with Crippen molar-refractivity contribution in [3.05, 3.63) is 53.6 Å². The second kappa shape index (κ2) is 7.35. The highest BCUT2D eigenvalue weighted by molar-refractivity contribution is 5.57. The number of hydrogen-bond acceptors (Lipinski definition) is 5. The Kier molecular flexibility index (Phi) is 5.00. The second-order valence-electron chi connectivity index (χ2n) is 5.63. The fourth-order valence-electron chi connectivity index (χ4n) is 2.18. The largest absolute Gasteiger partial charge is 0.371 e. The van der Waals surface area contributed by atoms with Crippen LogP contribution in [0.1, 0.15) is 11.1 Å². The van der Waals surface area contributed by atoms with Crippen molar-refractivity contribution in [2.75, 3.05) is 25.3 Å². The number of rotatable bonds is 7. The minimum Gasteiger partial charge on any atom is -0.371 e. The molecule has 1 N–H and O–H groups in total. The van der Waals surface area contributed by atoms with E-state index in [2.05, 4.69) is 15.5 Å². The molecule has 0 radical (unpaired) electrons. The summed E-state index contributed by atoms with van der Waals surface area (Å²) in [6, 6.07) is 13.9.